The minimum Gasteiger partial charge on any atom is -0.383 e. The summed E-state index contributed by atoms with van der Waals surface area (Å²) in [6.07, 6.45) is -2.72. The molecule has 3 N–H and O–H groups in total. The van der Waals surface area contributed by atoms with Gasteiger partial charge in [0.15, 0.2) is 5.01 Å². The fourth-order valence-corrected chi connectivity index (χ4v) is 2.82. The van der Waals surface area contributed by atoms with Gasteiger partial charge in [-0.25, -0.2) is 13.6 Å². The average molecular weight is 334 g/mol. The van der Waals surface area contributed by atoms with Crippen molar-refractivity contribution in [2.24, 2.45) is 0 Å². The van der Waals surface area contributed by atoms with Gasteiger partial charge in [0.1, 0.15) is 5.60 Å². The Bertz CT molecular complexity index is 601. The molecule has 0 fully saturated rings. The molecule has 0 unspecified atom stereocenters. The number of anilines is 1. The first kappa shape index (κ1) is 15.7. The molecule has 114 valence electrons. The number of halogens is 2. The van der Waals surface area contributed by atoms with Crippen LogP contribution in [-0.4, -0.2) is 27.9 Å². The van der Waals surface area contributed by atoms with Crippen molar-refractivity contribution in [3.05, 3.63) is 27.4 Å². The van der Waals surface area contributed by atoms with E-state index in [1.54, 1.807) is 19.1 Å². The molecule has 0 bridgehead atoms. The van der Waals surface area contributed by atoms with Crippen LogP contribution in [0.3, 0.4) is 0 Å². The lowest BCUT2D eigenvalue weighted by Gasteiger charge is -2.22. The Hall–Kier alpha value is -1.65. The van der Waals surface area contributed by atoms with Crippen molar-refractivity contribution in [2.75, 3.05) is 11.9 Å². The maximum absolute atomic E-state index is 12.3. The van der Waals surface area contributed by atoms with Crippen LogP contribution in [0, 0.1) is 0 Å². The maximum atomic E-state index is 12.3. The van der Waals surface area contributed by atoms with Crippen molar-refractivity contribution < 1.29 is 18.7 Å². The highest BCUT2D eigenvalue weighted by Gasteiger charge is 2.25. The summed E-state index contributed by atoms with van der Waals surface area (Å²) in [7, 11) is 0. The fourth-order valence-electron chi connectivity index (χ4n) is 1.44. The van der Waals surface area contributed by atoms with Crippen LogP contribution in [0.5, 0.6) is 0 Å². The number of nitrogens with one attached hydrogen (secondary N) is 2. The highest BCUT2D eigenvalue weighted by atomic mass is 32.1. The molecule has 10 heteroatoms. The van der Waals surface area contributed by atoms with Gasteiger partial charge >= 0.3 is 6.03 Å². The normalized spacial score (nSPS) is 14.0. The molecule has 2 aromatic rings. The van der Waals surface area contributed by atoms with E-state index in [9.17, 15) is 18.7 Å². The molecule has 0 aromatic carbocycles. The molecule has 0 saturated heterocycles. The second-order valence-electron chi connectivity index (χ2n) is 4.30. The van der Waals surface area contributed by atoms with Crippen molar-refractivity contribution in [2.45, 2.75) is 19.0 Å². The number of hydrogen-bond acceptors (Lipinski definition) is 6. The van der Waals surface area contributed by atoms with Gasteiger partial charge in [-0.1, -0.05) is 17.4 Å². The van der Waals surface area contributed by atoms with Crippen LogP contribution < -0.4 is 10.6 Å². The van der Waals surface area contributed by atoms with Crippen molar-refractivity contribution in [1.29, 1.82) is 0 Å². The summed E-state index contributed by atoms with van der Waals surface area (Å²) in [4.78, 5) is 12.3. The molecular formula is C11H12F2N4O2S2. The lowest BCUT2D eigenvalue weighted by molar-refractivity contribution is 0.0637. The van der Waals surface area contributed by atoms with Crippen LogP contribution in [-0.2, 0) is 5.60 Å². The van der Waals surface area contributed by atoms with Crippen LogP contribution >= 0.6 is 22.7 Å². The molecule has 0 saturated carbocycles. The predicted octanol–water partition coefficient (Wildman–Crippen LogP) is 2.57. The van der Waals surface area contributed by atoms with Gasteiger partial charge in [-0.15, -0.1) is 21.5 Å². The topological polar surface area (TPSA) is 87.1 Å². The van der Waals surface area contributed by atoms with E-state index in [0.29, 0.717) is 16.2 Å². The third-order valence-electron chi connectivity index (χ3n) is 2.49. The first-order valence-electron chi connectivity index (χ1n) is 5.81. The number of hydrogen-bond donors (Lipinski definition) is 3. The van der Waals surface area contributed by atoms with Gasteiger partial charge in [0.05, 0.1) is 6.54 Å². The van der Waals surface area contributed by atoms with Crippen LogP contribution in [0.2, 0.25) is 0 Å². The Morgan fingerprint density at radius 3 is 2.86 bits per heavy atom. The van der Waals surface area contributed by atoms with Crippen LogP contribution in [0.25, 0.3) is 0 Å². The number of amides is 2. The zero-order valence-electron chi connectivity index (χ0n) is 10.8. The lowest BCUT2D eigenvalue weighted by Crippen LogP contribution is -2.40. The molecule has 21 heavy (non-hydrogen) atoms. The minimum atomic E-state index is -2.72. The number of aliphatic hydroxyl groups is 1. The third kappa shape index (κ3) is 4.16. The van der Waals surface area contributed by atoms with E-state index < -0.39 is 23.1 Å². The van der Waals surface area contributed by atoms with Gasteiger partial charge in [-0.05, 0) is 18.4 Å². The Kier molecular flexibility index (Phi) is 4.80. The number of carbonyl (C=O) groups is 1. The summed E-state index contributed by atoms with van der Waals surface area (Å²) < 4.78 is 24.7. The Morgan fingerprint density at radius 2 is 2.29 bits per heavy atom. The van der Waals surface area contributed by atoms with Gasteiger partial charge in [-0.3, -0.25) is 5.32 Å². The monoisotopic (exact) mass is 334 g/mol. The Morgan fingerprint density at radius 1 is 1.52 bits per heavy atom. The molecule has 0 radical (unpaired) electrons. The molecule has 2 rings (SSSR count). The molecule has 0 spiro atoms. The second-order valence-corrected chi connectivity index (χ2v) is 6.26. The largest absolute Gasteiger partial charge is 0.383 e. The summed E-state index contributed by atoms with van der Waals surface area (Å²) in [5.74, 6) is 0. The SMILES string of the molecule is C[C@@](O)(CNC(=O)Nc1nnc(C(F)F)s1)c1cccs1. The van der Waals surface area contributed by atoms with Gasteiger partial charge in [0.2, 0.25) is 5.13 Å². The molecule has 0 aliphatic heterocycles. The van der Waals surface area contributed by atoms with Crippen LogP contribution in [0.1, 0.15) is 23.2 Å². The highest BCUT2D eigenvalue weighted by Crippen LogP contribution is 2.26. The van der Waals surface area contributed by atoms with Crippen molar-refractivity contribution >= 4 is 33.8 Å². The quantitative estimate of drug-likeness (QED) is 0.784. The van der Waals surface area contributed by atoms with E-state index >= 15 is 0 Å². The van der Waals surface area contributed by atoms with Crippen molar-refractivity contribution in [1.82, 2.24) is 15.5 Å². The van der Waals surface area contributed by atoms with Gasteiger partial charge in [0.25, 0.3) is 6.43 Å². The van der Waals surface area contributed by atoms with Crippen molar-refractivity contribution in [3.8, 4) is 0 Å². The number of aromatic nitrogens is 2. The van der Waals surface area contributed by atoms with Crippen molar-refractivity contribution in [3.63, 3.8) is 0 Å². The third-order valence-corrected chi connectivity index (χ3v) is 4.46. The number of thiophene rings is 1. The van der Waals surface area contributed by atoms with E-state index in [1.807, 2.05) is 5.38 Å². The van der Waals surface area contributed by atoms with E-state index in [2.05, 4.69) is 20.8 Å². The minimum absolute atomic E-state index is 0.0279. The number of alkyl halides is 2. The van der Waals surface area contributed by atoms with E-state index in [0.717, 1.165) is 0 Å². The summed E-state index contributed by atoms with van der Waals surface area (Å²) in [6.45, 7) is 1.54. The highest BCUT2D eigenvalue weighted by molar-refractivity contribution is 7.15. The molecule has 2 heterocycles. The summed E-state index contributed by atoms with van der Waals surface area (Å²) in [5, 5.41) is 23.0. The number of rotatable bonds is 5. The van der Waals surface area contributed by atoms with E-state index in [4.69, 9.17) is 0 Å². The molecule has 2 aromatic heterocycles. The first-order chi connectivity index (χ1) is 9.88. The molecule has 0 aliphatic rings. The second kappa shape index (κ2) is 6.41. The fraction of sp³-hybridized carbons (Fsp3) is 0.364. The molecule has 2 amide bonds. The van der Waals surface area contributed by atoms with Gasteiger partial charge in [-0.2, -0.15) is 0 Å². The lowest BCUT2D eigenvalue weighted by atomic mass is 10.1. The first-order valence-corrected chi connectivity index (χ1v) is 7.51. The van der Waals surface area contributed by atoms with E-state index in [1.165, 1.54) is 11.3 Å². The smallest absolute Gasteiger partial charge is 0.321 e. The van der Waals surface area contributed by atoms with Crippen LogP contribution in [0.15, 0.2) is 17.5 Å². The van der Waals surface area contributed by atoms with Gasteiger partial charge < -0.3 is 10.4 Å². The number of carbonyl (C=O) groups excluding carboxylic acids is 1. The summed E-state index contributed by atoms with van der Waals surface area (Å²) >= 11 is 1.96. The van der Waals surface area contributed by atoms with Gasteiger partial charge in [0, 0.05) is 4.88 Å². The summed E-state index contributed by atoms with van der Waals surface area (Å²) in [5.41, 5.74) is -1.21. The molecule has 6 nitrogen and oxygen atoms in total. The number of nitrogens with zero attached hydrogens (tertiary/aromatic N) is 2. The predicted molar refractivity (Wildman–Crippen MR) is 75.8 cm³/mol. The average Bonchev–Trinajstić information content (AvgIpc) is 3.07. The molecule has 1 atom stereocenters. The van der Waals surface area contributed by atoms with Crippen LogP contribution in [0.4, 0.5) is 18.7 Å². The number of urea groups is 1. The zero-order chi connectivity index (χ0) is 15.5. The maximum Gasteiger partial charge on any atom is 0.321 e. The molecular weight excluding hydrogens is 322 g/mol. The Balaban J connectivity index is 1.87. The Labute approximate surface area is 126 Å². The van der Waals surface area contributed by atoms with E-state index in [-0.39, 0.29) is 11.7 Å². The zero-order valence-corrected chi connectivity index (χ0v) is 12.5. The molecule has 0 aliphatic carbocycles. The standard InChI is InChI=1S/C11H12F2N4O2S2/c1-11(19,6-3-2-4-20-6)5-14-9(18)15-10-17-16-8(21-10)7(12)13/h2-4,7,19H,5H2,1H3,(H2,14,15,17,18)/t11-/m1/s1. The summed E-state index contributed by atoms with van der Waals surface area (Å²) in [6, 6.07) is 2.90.